The Hall–Kier alpha value is -3.05. The summed E-state index contributed by atoms with van der Waals surface area (Å²) in [6, 6.07) is 11.4. The summed E-state index contributed by atoms with van der Waals surface area (Å²) in [6.45, 7) is 1.65. The molecule has 2 aliphatic rings. The Morgan fingerprint density at radius 2 is 1.75 bits per heavy atom. The average molecular weight is 508 g/mol. The molecule has 2 aromatic carbocycles. The number of ether oxygens (including phenoxy) is 1. The number of nitrogens with zero attached hydrogens (tertiary/aromatic N) is 4. The summed E-state index contributed by atoms with van der Waals surface area (Å²) in [5, 5.41) is 7.02. The zero-order valence-electron chi connectivity index (χ0n) is 19.4. The van der Waals surface area contributed by atoms with E-state index in [4.69, 9.17) is 10.5 Å². The molecule has 3 unspecified atom stereocenters. The van der Waals surface area contributed by atoms with Crippen LogP contribution in [0.4, 0.5) is 22.0 Å². The van der Waals surface area contributed by atoms with E-state index in [1.165, 1.54) is 12.1 Å². The largest absolute Gasteiger partial charge is 0.493 e. The van der Waals surface area contributed by atoms with Gasteiger partial charge >= 0.3 is 6.18 Å². The van der Waals surface area contributed by atoms with Gasteiger partial charge in [0.15, 0.2) is 11.6 Å². The minimum absolute atomic E-state index is 0.138. The highest BCUT2D eigenvalue weighted by molar-refractivity contribution is 5.41. The molecule has 6 nitrogen and oxygen atoms in total. The highest BCUT2D eigenvalue weighted by Crippen LogP contribution is 2.44. The topological polar surface area (TPSA) is 69.2 Å². The number of hydrogen-bond acceptors (Lipinski definition) is 5. The Morgan fingerprint density at radius 1 is 1.03 bits per heavy atom. The van der Waals surface area contributed by atoms with Gasteiger partial charge in [0.25, 0.3) is 0 Å². The first kappa shape index (κ1) is 24.6. The standard InChI is InChI=1S/C25H26F5N5O/c26-20-11-17-15(14-36-16-4-2-1-3-5-16)10-19(18(17)12-21(20)27)22(31)6-7-34-8-9-35-23(13-34)32-33-24(35)25(28,29)30/h1-5,11-12,15,19,22H,6-10,13-14,31H2. The van der Waals surface area contributed by atoms with E-state index in [1.807, 2.05) is 35.2 Å². The second-order valence-electron chi connectivity index (χ2n) is 9.38. The van der Waals surface area contributed by atoms with Crippen molar-refractivity contribution < 1.29 is 26.7 Å². The summed E-state index contributed by atoms with van der Waals surface area (Å²) in [5.74, 6) is -2.15. The number of benzene rings is 2. The van der Waals surface area contributed by atoms with Gasteiger partial charge in [0.2, 0.25) is 5.82 Å². The number of alkyl halides is 3. The molecule has 0 radical (unpaired) electrons. The van der Waals surface area contributed by atoms with Gasteiger partial charge in [-0.3, -0.25) is 4.90 Å². The van der Waals surface area contributed by atoms with Crippen molar-refractivity contribution in [2.45, 2.75) is 50.0 Å². The molecule has 0 fully saturated rings. The van der Waals surface area contributed by atoms with Crippen LogP contribution in [-0.4, -0.2) is 45.4 Å². The van der Waals surface area contributed by atoms with Gasteiger partial charge in [-0.15, -0.1) is 10.2 Å². The lowest BCUT2D eigenvalue weighted by Gasteiger charge is -2.30. The number of aromatic nitrogens is 3. The van der Waals surface area contributed by atoms with Gasteiger partial charge in [-0.25, -0.2) is 8.78 Å². The molecule has 0 spiro atoms. The van der Waals surface area contributed by atoms with Gasteiger partial charge in [-0.1, -0.05) is 18.2 Å². The van der Waals surface area contributed by atoms with Crippen LogP contribution in [0.1, 0.15) is 47.5 Å². The summed E-state index contributed by atoms with van der Waals surface area (Å²) in [4.78, 5) is 1.99. The maximum Gasteiger partial charge on any atom is 0.451 e. The van der Waals surface area contributed by atoms with Crippen molar-refractivity contribution in [1.82, 2.24) is 19.7 Å². The lowest BCUT2D eigenvalue weighted by molar-refractivity contribution is -0.148. The lowest BCUT2D eigenvalue weighted by Crippen LogP contribution is -2.39. The lowest BCUT2D eigenvalue weighted by atomic mass is 9.91. The quantitative estimate of drug-likeness (QED) is 0.479. The monoisotopic (exact) mass is 507 g/mol. The molecule has 1 aliphatic heterocycles. The van der Waals surface area contributed by atoms with Crippen LogP contribution in [0.25, 0.3) is 0 Å². The van der Waals surface area contributed by atoms with E-state index in [0.717, 1.165) is 4.57 Å². The Kier molecular flexibility index (Phi) is 6.69. The van der Waals surface area contributed by atoms with Crippen molar-refractivity contribution in [3.05, 3.63) is 76.9 Å². The molecule has 0 bridgehead atoms. The molecule has 2 N–H and O–H groups in total. The van der Waals surface area contributed by atoms with E-state index in [1.54, 1.807) is 0 Å². The van der Waals surface area contributed by atoms with Crippen molar-refractivity contribution in [3.63, 3.8) is 0 Å². The zero-order valence-corrected chi connectivity index (χ0v) is 19.4. The highest BCUT2D eigenvalue weighted by atomic mass is 19.4. The Labute approximate surface area is 204 Å². The Morgan fingerprint density at radius 3 is 2.47 bits per heavy atom. The number of hydrogen-bond donors (Lipinski definition) is 1. The van der Waals surface area contributed by atoms with Crippen LogP contribution in [0.3, 0.4) is 0 Å². The number of nitrogens with two attached hydrogens (primary N) is 1. The van der Waals surface area contributed by atoms with Gasteiger partial charge < -0.3 is 15.0 Å². The second kappa shape index (κ2) is 9.78. The molecule has 1 aromatic heterocycles. The summed E-state index contributed by atoms with van der Waals surface area (Å²) >= 11 is 0. The molecule has 1 aliphatic carbocycles. The van der Waals surface area contributed by atoms with Crippen molar-refractivity contribution >= 4 is 0 Å². The zero-order chi connectivity index (χ0) is 25.4. The van der Waals surface area contributed by atoms with E-state index < -0.39 is 23.6 Å². The van der Waals surface area contributed by atoms with Crippen molar-refractivity contribution in [1.29, 1.82) is 0 Å². The molecular weight excluding hydrogens is 481 g/mol. The molecule has 192 valence electrons. The van der Waals surface area contributed by atoms with Gasteiger partial charge in [-0.05, 0) is 48.2 Å². The fraction of sp³-hybridized carbons (Fsp3) is 0.440. The summed E-state index contributed by atoms with van der Waals surface area (Å²) in [6.07, 6.45) is -3.41. The van der Waals surface area contributed by atoms with Crippen LogP contribution in [0.15, 0.2) is 42.5 Å². The highest BCUT2D eigenvalue weighted by Gasteiger charge is 2.40. The number of rotatable bonds is 7. The molecule has 36 heavy (non-hydrogen) atoms. The smallest absolute Gasteiger partial charge is 0.451 e. The second-order valence-corrected chi connectivity index (χ2v) is 9.38. The van der Waals surface area contributed by atoms with Crippen LogP contribution < -0.4 is 10.5 Å². The van der Waals surface area contributed by atoms with Gasteiger partial charge in [0, 0.05) is 37.5 Å². The van der Waals surface area contributed by atoms with Crippen LogP contribution in [0, 0.1) is 11.6 Å². The molecule has 2 heterocycles. The molecule has 0 saturated heterocycles. The fourth-order valence-corrected chi connectivity index (χ4v) is 5.23. The average Bonchev–Trinajstić information content (AvgIpc) is 3.43. The predicted octanol–water partition coefficient (Wildman–Crippen LogP) is 4.46. The maximum atomic E-state index is 14.1. The number of para-hydroxylation sites is 1. The van der Waals surface area contributed by atoms with Crippen LogP contribution in [0.5, 0.6) is 5.75 Å². The van der Waals surface area contributed by atoms with E-state index in [9.17, 15) is 22.0 Å². The molecule has 0 amide bonds. The van der Waals surface area contributed by atoms with E-state index in [-0.39, 0.29) is 36.8 Å². The van der Waals surface area contributed by atoms with E-state index in [2.05, 4.69) is 10.2 Å². The first-order valence-corrected chi connectivity index (χ1v) is 11.8. The first-order chi connectivity index (χ1) is 17.2. The number of fused-ring (bicyclic) bond motifs is 2. The molecular formula is C25H26F5N5O. The minimum atomic E-state index is -4.54. The summed E-state index contributed by atoms with van der Waals surface area (Å²) in [7, 11) is 0. The van der Waals surface area contributed by atoms with Crippen LogP contribution in [-0.2, 0) is 19.3 Å². The third kappa shape index (κ3) is 4.94. The van der Waals surface area contributed by atoms with Crippen molar-refractivity contribution in [2.75, 3.05) is 19.7 Å². The molecule has 3 aromatic rings. The molecule has 11 heteroatoms. The van der Waals surface area contributed by atoms with Crippen molar-refractivity contribution in [3.8, 4) is 5.75 Å². The van der Waals surface area contributed by atoms with E-state index >= 15 is 0 Å². The Bertz CT molecular complexity index is 1220. The minimum Gasteiger partial charge on any atom is -0.493 e. The summed E-state index contributed by atoms with van der Waals surface area (Å²) in [5.41, 5.74) is 7.95. The first-order valence-electron chi connectivity index (χ1n) is 11.8. The van der Waals surface area contributed by atoms with Crippen LogP contribution in [0.2, 0.25) is 0 Å². The third-order valence-electron chi connectivity index (χ3n) is 7.08. The SMILES string of the molecule is NC(CCN1CCn2c(nnc2C(F)(F)F)C1)C1CC(COc2ccccc2)c2cc(F)c(F)cc21. The predicted molar refractivity (Wildman–Crippen MR) is 121 cm³/mol. The normalized spacial score (nSPS) is 20.7. The number of halogens is 5. The summed E-state index contributed by atoms with van der Waals surface area (Å²) < 4.78 is 74.5. The molecule has 3 atom stereocenters. The fourth-order valence-electron chi connectivity index (χ4n) is 5.23. The van der Waals surface area contributed by atoms with Crippen molar-refractivity contribution in [2.24, 2.45) is 5.73 Å². The van der Waals surface area contributed by atoms with Crippen LogP contribution >= 0.6 is 0 Å². The molecule has 0 saturated carbocycles. The maximum absolute atomic E-state index is 14.1. The van der Waals surface area contributed by atoms with Gasteiger partial charge in [0.05, 0.1) is 13.2 Å². The van der Waals surface area contributed by atoms with E-state index in [0.29, 0.717) is 49.4 Å². The van der Waals surface area contributed by atoms with Gasteiger partial charge in [0.1, 0.15) is 11.6 Å². The third-order valence-corrected chi connectivity index (χ3v) is 7.08. The van der Waals surface area contributed by atoms with Gasteiger partial charge in [-0.2, -0.15) is 13.2 Å². The Balaban J connectivity index is 1.24. The molecule has 5 rings (SSSR count).